The molecule has 0 fully saturated rings. The molecule has 0 unspecified atom stereocenters. The van der Waals surface area contributed by atoms with Gasteiger partial charge in [-0.1, -0.05) is 17.7 Å². The number of fused-ring (bicyclic) bond motifs is 3. The van der Waals surface area contributed by atoms with E-state index in [9.17, 15) is 9.59 Å². The molecule has 1 aliphatic carbocycles. The highest BCUT2D eigenvalue weighted by Crippen LogP contribution is 2.29. The second-order valence-corrected chi connectivity index (χ2v) is 6.91. The van der Waals surface area contributed by atoms with Gasteiger partial charge in [0.15, 0.2) is 6.61 Å². The second-order valence-electron chi connectivity index (χ2n) is 6.91. The van der Waals surface area contributed by atoms with Crippen LogP contribution in [0.3, 0.4) is 0 Å². The SMILES string of the molecule is Cc1ccc(NC(=O)COc2ccc3c4c(c(=O)oc3c2)CCCC4)cc1. The van der Waals surface area contributed by atoms with E-state index in [2.05, 4.69) is 5.32 Å². The molecule has 0 bridgehead atoms. The van der Waals surface area contributed by atoms with Crippen LogP contribution in [0, 0.1) is 6.92 Å². The van der Waals surface area contributed by atoms with E-state index in [0.29, 0.717) is 11.3 Å². The predicted octanol–water partition coefficient (Wildman–Crippen LogP) is 4.00. The van der Waals surface area contributed by atoms with Crippen LogP contribution in [0.25, 0.3) is 11.0 Å². The second kappa shape index (κ2) is 7.27. The van der Waals surface area contributed by atoms with Crippen molar-refractivity contribution >= 4 is 22.6 Å². The van der Waals surface area contributed by atoms with Crippen LogP contribution in [0.2, 0.25) is 0 Å². The van der Waals surface area contributed by atoms with Gasteiger partial charge in [0.2, 0.25) is 0 Å². The van der Waals surface area contributed by atoms with E-state index in [1.54, 1.807) is 6.07 Å². The number of rotatable bonds is 4. The third-order valence-electron chi connectivity index (χ3n) is 4.90. The van der Waals surface area contributed by atoms with Crippen LogP contribution in [0.1, 0.15) is 29.5 Å². The minimum Gasteiger partial charge on any atom is -0.484 e. The molecular formula is C22H21NO4. The zero-order valence-corrected chi connectivity index (χ0v) is 15.2. The molecule has 0 radical (unpaired) electrons. The molecule has 138 valence electrons. The van der Waals surface area contributed by atoms with Gasteiger partial charge in [-0.3, -0.25) is 4.79 Å². The van der Waals surface area contributed by atoms with Crippen LogP contribution < -0.4 is 15.7 Å². The molecule has 1 heterocycles. The van der Waals surface area contributed by atoms with Gasteiger partial charge in [0.1, 0.15) is 11.3 Å². The summed E-state index contributed by atoms with van der Waals surface area (Å²) in [6.07, 6.45) is 3.80. The Morgan fingerprint density at radius 3 is 2.59 bits per heavy atom. The maximum atomic E-state index is 12.2. The van der Waals surface area contributed by atoms with Gasteiger partial charge < -0.3 is 14.5 Å². The molecule has 1 amide bonds. The fourth-order valence-corrected chi connectivity index (χ4v) is 3.50. The fraction of sp³-hybridized carbons (Fsp3) is 0.273. The molecule has 1 aliphatic rings. The van der Waals surface area contributed by atoms with Gasteiger partial charge in [0.05, 0.1) is 0 Å². The van der Waals surface area contributed by atoms with Crippen molar-refractivity contribution in [1.29, 1.82) is 0 Å². The molecular weight excluding hydrogens is 342 g/mol. The summed E-state index contributed by atoms with van der Waals surface area (Å²) in [7, 11) is 0. The first-order valence-electron chi connectivity index (χ1n) is 9.18. The number of hydrogen-bond donors (Lipinski definition) is 1. The standard InChI is InChI=1S/C22H21NO4/c1-14-6-8-15(9-7-14)23-21(24)13-26-16-10-11-18-17-4-2-3-5-19(17)22(25)27-20(18)12-16/h6-12H,2-5,13H2,1H3,(H,23,24). The molecule has 0 atom stereocenters. The van der Waals surface area contributed by atoms with Gasteiger partial charge in [-0.05, 0) is 62.4 Å². The lowest BCUT2D eigenvalue weighted by molar-refractivity contribution is -0.118. The van der Waals surface area contributed by atoms with Crippen LogP contribution >= 0.6 is 0 Å². The highest BCUT2D eigenvalue weighted by molar-refractivity contribution is 5.92. The number of amides is 1. The number of benzene rings is 2. The molecule has 0 saturated carbocycles. The Labute approximate surface area is 157 Å². The predicted molar refractivity (Wildman–Crippen MR) is 104 cm³/mol. The average Bonchev–Trinajstić information content (AvgIpc) is 2.68. The van der Waals surface area contributed by atoms with E-state index in [1.165, 1.54) is 0 Å². The lowest BCUT2D eigenvalue weighted by Crippen LogP contribution is -2.20. The molecule has 0 spiro atoms. The van der Waals surface area contributed by atoms with Crippen molar-refractivity contribution in [2.75, 3.05) is 11.9 Å². The summed E-state index contributed by atoms with van der Waals surface area (Å²) in [5, 5.41) is 3.75. The number of aryl methyl sites for hydroxylation is 2. The van der Waals surface area contributed by atoms with Crippen LogP contribution in [0.4, 0.5) is 5.69 Å². The average molecular weight is 363 g/mol. The Morgan fingerprint density at radius 1 is 1.07 bits per heavy atom. The summed E-state index contributed by atoms with van der Waals surface area (Å²) in [6.45, 7) is 1.87. The highest BCUT2D eigenvalue weighted by atomic mass is 16.5. The Hall–Kier alpha value is -3.08. The van der Waals surface area contributed by atoms with Crippen molar-refractivity contribution in [2.24, 2.45) is 0 Å². The number of hydrogen-bond acceptors (Lipinski definition) is 4. The van der Waals surface area contributed by atoms with Crippen molar-refractivity contribution < 1.29 is 13.9 Å². The smallest absolute Gasteiger partial charge is 0.339 e. The Balaban J connectivity index is 1.48. The van der Waals surface area contributed by atoms with Crippen molar-refractivity contribution in [2.45, 2.75) is 32.6 Å². The number of anilines is 1. The largest absolute Gasteiger partial charge is 0.484 e. The first-order valence-corrected chi connectivity index (χ1v) is 9.18. The zero-order valence-electron chi connectivity index (χ0n) is 15.2. The summed E-state index contributed by atoms with van der Waals surface area (Å²) < 4.78 is 11.1. The van der Waals surface area contributed by atoms with Gasteiger partial charge in [-0.2, -0.15) is 0 Å². The van der Waals surface area contributed by atoms with Crippen LogP contribution in [0.15, 0.2) is 51.7 Å². The molecule has 0 saturated heterocycles. The number of nitrogens with one attached hydrogen (secondary N) is 1. The molecule has 3 aromatic rings. The highest BCUT2D eigenvalue weighted by Gasteiger charge is 2.18. The first kappa shape index (κ1) is 17.3. The van der Waals surface area contributed by atoms with E-state index in [1.807, 2.05) is 43.3 Å². The Bertz CT molecular complexity index is 1050. The molecule has 5 heteroatoms. The zero-order chi connectivity index (χ0) is 18.8. The van der Waals surface area contributed by atoms with Crippen LogP contribution in [-0.2, 0) is 17.6 Å². The molecule has 4 rings (SSSR count). The van der Waals surface area contributed by atoms with Gasteiger partial charge in [-0.25, -0.2) is 4.79 Å². The summed E-state index contributed by atoms with van der Waals surface area (Å²) in [4.78, 5) is 24.3. The number of carbonyl (C=O) groups excluding carboxylic acids is 1. The monoisotopic (exact) mass is 363 g/mol. The van der Waals surface area contributed by atoms with Crippen LogP contribution in [0.5, 0.6) is 5.75 Å². The van der Waals surface area contributed by atoms with E-state index in [0.717, 1.165) is 53.4 Å². The third kappa shape index (κ3) is 3.72. The molecule has 1 aromatic heterocycles. The summed E-state index contributed by atoms with van der Waals surface area (Å²) in [6, 6.07) is 13.0. The van der Waals surface area contributed by atoms with E-state index >= 15 is 0 Å². The summed E-state index contributed by atoms with van der Waals surface area (Å²) in [5.74, 6) is 0.256. The first-order chi connectivity index (χ1) is 13.1. The Morgan fingerprint density at radius 2 is 1.81 bits per heavy atom. The van der Waals surface area contributed by atoms with Gasteiger partial charge in [0, 0.05) is 22.7 Å². The quantitative estimate of drug-likeness (QED) is 0.712. The molecule has 1 N–H and O–H groups in total. The van der Waals surface area contributed by atoms with Crippen molar-refractivity contribution in [3.05, 3.63) is 69.6 Å². The van der Waals surface area contributed by atoms with E-state index < -0.39 is 0 Å². The van der Waals surface area contributed by atoms with Gasteiger partial charge in [-0.15, -0.1) is 0 Å². The van der Waals surface area contributed by atoms with Gasteiger partial charge in [0.25, 0.3) is 5.91 Å². The summed E-state index contributed by atoms with van der Waals surface area (Å²) in [5.41, 5.74) is 4.01. The lowest BCUT2D eigenvalue weighted by Gasteiger charge is -2.16. The number of ether oxygens (including phenoxy) is 1. The molecule has 5 nitrogen and oxygen atoms in total. The maximum absolute atomic E-state index is 12.2. The minimum atomic E-state index is -0.258. The van der Waals surface area contributed by atoms with E-state index in [4.69, 9.17) is 9.15 Å². The van der Waals surface area contributed by atoms with Crippen LogP contribution in [-0.4, -0.2) is 12.5 Å². The van der Waals surface area contributed by atoms with Crippen molar-refractivity contribution in [3.63, 3.8) is 0 Å². The van der Waals surface area contributed by atoms with Gasteiger partial charge >= 0.3 is 5.63 Å². The van der Waals surface area contributed by atoms with E-state index in [-0.39, 0.29) is 18.1 Å². The molecule has 27 heavy (non-hydrogen) atoms. The van der Waals surface area contributed by atoms with Crippen molar-refractivity contribution in [3.8, 4) is 5.75 Å². The number of carbonyl (C=O) groups is 1. The fourth-order valence-electron chi connectivity index (χ4n) is 3.50. The Kier molecular flexibility index (Phi) is 4.67. The summed E-state index contributed by atoms with van der Waals surface area (Å²) >= 11 is 0. The van der Waals surface area contributed by atoms with Crippen molar-refractivity contribution in [1.82, 2.24) is 0 Å². The lowest BCUT2D eigenvalue weighted by atomic mass is 9.91. The topological polar surface area (TPSA) is 68.5 Å². The normalized spacial score (nSPS) is 13.2. The third-order valence-corrected chi connectivity index (χ3v) is 4.90. The molecule has 0 aliphatic heterocycles. The molecule has 2 aromatic carbocycles. The minimum absolute atomic E-state index is 0.117. The maximum Gasteiger partial charge on any atom is 0.339 e.